The van der Waals surface area contributed by atoms with Crippen molar-refractivity contribution >= 4 is 15.9 Å². The van der Waals surface area contributed by atoms with Gasteiger partial charge < -0.3 is 10.1 Å². The van der Waals surface area contributed by atoms with Crippen LogP contribution in [0.25, 0.3) is 0 Å². The van der Waals surface area contributed by atoms with Gasteiger partial charge in [-0.2, -0.15) is 0 Å². The number of nitrogens with one attached hydrogen (secondary N) is 1. The Morgan fingerprint density at radius 2 is 2.14 bits per heavy atom. The summed E-state index contributed by atoms with van der Waals surface area (Å²) in [4.78, 5) is 0. The molecule has 118 valence electrons. The largest absolute Gasteiger partial charge is 0.496 e. The van der Waals surface area contributed by atoms with Gasteiger partial charge in [0.1, 0.15) is 5.75 Å². The minimum absolute atomic E-state index is 0.410. The molecular weight excluding hydrogens is 326 g/mol. The van der Waals surface area contributed by atoms with Gasteiger partial charge in [0.2, 0.25) is 0 Å². The number of methoxy groups -OCH3 is 1. The zero-order valence-corrected chi connectivity index (χ0v) is 15.1. The van der Waals surface area contributed by atoms with Crippen LogP contribution in [0.5, 0.6) is 5.75 Å². The number of benzene rings is 1. The van der Waals surface area contributed by atoms with E-state index in [1.165, 1.54) is 37.7 Å². The van der Waals surface area contributed by atoms with Crippen molar-refractivity contribution in [2.24, 2.45) is 11.8 Å². The predicted molar refractivity (Wildman–Crippen MR) is 92.9 cm³/mol. The first kappa shape index (κ1) is 16.8. The molecule has 1 aliphatic rings. The summed E-state index contributed by atoms with van der Waals surface area (Å²) < 4.78 is 6.70. The summed E-state index contributed by atoms with van der Waals surface area (Å²) in [5.74, 6) is 2.61. The summed E-state index contributed by atoms with van der Waals surface area (Å²) >= 11 is 3.54. The third-order valence-corrected chi connectivity index (χ3v) is 5.32. The molecule has 0 amide bonds. The van der Waals surface area contributed by atoms with Gasteiger partial charge in [-0.25, -0.2) is 0 Å². The quantitative estimate of drug-likeness (QED) is 0.746. The van der Waals surface area contributed by atoms with Gasteiger partial charge >= 0.3 is 0 Å². The Balaban J connectivity index is 2.25. The van der Waals surface area contributed by atoms with E-state index in [0.717, 1.165) is 28.6 Å². The van der Waals surface area contributed by atoms with Crippen LogP contribution in [-0.2, 0) is 0 Å². The topological polar surface area (TPSA) is 21.3 Å². The maximum atomic E-state index is 5.63. The van der Waals surface area contributed by atoms with Gasteiger partial charge in [-0.3, -0.25) is 0 Å². The molecule has 1 N–H and O–H groups in total. The van der Waals surface area contributed by atoms with E-state index in [0.29, 0.717) is 6.04 Å². The number of hydrogen-bond acceptors (Lipinski definition) is 2. The molecule has 0 heterocycles. The lowest BCUT2D eigenvalue weighted by atomic mass is 9.75. The highest BCUT2D eigenvalue weighted by molar-refractivity contribution is 9.10. The average molecular weight is 354 g/mol. The van der Waals surface area contributed by atoms with Crippen molar-refractivity contribution in [2.45, 2.75) is 52.0 Å². The fourth-order valence-corrected chi connectivity index (χ4v) is 4.04. The molecule has 0 bridgehead atoms. The normalized spacial score (nSPS) is 23.8. The van der Waals surface area contributed by atoms with Gasteiger partial charge in [-0.05, 0) is 43.4 Å². The fraction of sp³-hybridized carbons (Fsp3) is 0.667. The van der Waals surface area contributed by atoms with Crippen molar-refractivity contribution in [1.29, 1.82) is 0 Å². The van der Waals surface area contributed by atoms with Crippen molar-refractivity contribution in [3.8, 4) is 5.75 Å². The zero-order valence-electron chi connectivity index (χ0n) is 13.5. The van der Waals surface area contributed by atoms with Crippen molar-refractivity contribution < 1.29 is 4.74 Å². The first-order valence-corrected chi connectivity index (χ1v) is 9.05. The van der Waals surface area contributed by atoms with E-state index in [9.17, 15) is 0 Å². The molecule has 1 aromatic carbocycles. The van der Waals surface area contributed by atoms with E-state index in [2.05, 4.69) is 53.3 Å². The van der Waals surface area contributed by atoms with Crippen molar-refractivity contribution in [3.05, 3.63) is 28.2 Å². The van der Waals surface area contributed by atoms with Gasteiger partial charge in [0, 0.05) is 16.1 Å². The molecule has 0 aliphatic heterocycles. The molecule has 21 heavy (non-hydrogen) atoms. The molecule has 2 rings (SSSR count). The summed E-state index contributed by atoms with van der Waals surface area (Å²) in [6, 6.07) is 6.83. The first-order valence-electron chi connectivity index (χ1n) is 8.26. The second-order valence-corrected chi connectivity index (χ2v) is 7.04. The van der Waals surface area contributed by atoms with Crippen LogP contribution in [0.15, 0.2) is 22.7 Å². The Hall–Kier alpha value is -0.540. The van der Waals surface area contributed by atoms with Gasteiger partial charge in [0.05, 0.1) is 7.11 Å². The SMILES string of the molecule is CCNC(c1ccc(Br)cc1OC)C1CCCC(CC)C1. The lowest BCUT2D eigenvalue weighted by Crippen LogP contribution is -2.32. The molecule has 3 atom stereocenters. The van der Waals surface area contributed by atoms with Gasteiger partial charge in [-0.15, -0.1) is 0 Å². The minimum Gasteiger partial charge on any atom is -0.496 e. The van der Waals surface area contributed by atoms with E-state index in [1.807, 2.05) is 0 Å². The number of ether oxygens (including phenoxy) is 1. The number of halogens is 1. The second kappa shape index (κ2) is 8.19. The van der Waals surface area contributed by atoms with Crippen molar-refractivity contribution in [3.63, 3.8) is 0 Å². The van der Waals surface area contributed by atoms with E-state index in [1.54, 1.807) is 7.11 Å². The van der Waals surface area contributed by atoms with E-state index in [4.69, 9.17) is 4.74 Å². The van der Waals surface area contributed by atoms with Crippen LogP contribution in [-0.4, -0.2) is 13.7 Å². The molecule has 1 fully saturated rings. The molecule has 0 aromatic heterocycles. The summed E-state index contributed by atoms with van der Waals surface area (Å²) in [7, 11) is 1.77. The lowest BCUT2D eigenvalue weighted by molar-refractivity contribution is 0.208. The van der Waals surface area contributed by atoms with Crippen molar-refractivity contribution in [2.75, 3.05) is 13.7 Å². The first-order chi connectivity index (χ1) is 10.2. The van der Waals surface area contributed by atoms with Crippen LogP contribution in [0.4, 0.5) is 0 Å². The minimum atomic E-state index is 0.410. The standard InChI is InChI=1S/C18H28BrNO/c1-4-13-7-6-8-14(11-13)18(20-5-2)16-10-9-15(19)12-17(16)21-3/h9-10,12-14,18,20H,4-8,11H2,1-3H3. The molecule has 0 radical (unpaired) electrons. The molecule has 3 heteroatoms. The Morgan fingerprint density at radius 1 is 1.33 bits per heavy atom. The fourth-order valence-electron chi connectivity index (χ4n) is 3.70. The number of rotatable bonds is 6. The third-order valence-electron chi connectivity index (χ3n) is 4.83. The third kappa shape index (κ3) is 4.23. The molecule has 1 saturated carbocycles. The van der Waals surface area contributed by atoms with Gasteiger partial charge in [0.15, 0.2) is 0 Å². The highest BCUT2D eigenvalue weighted by Gasteiger charge is 2.29. The Morgan fingerprint density at radius 3 is 2.81 bits per heavy atom. The van der Waals surface area contributed by atoms with Crippen molar-refractivity contribution in [1.82, 2.24) is 5.32 Å². The van der Waals surface area contributed by atoms with Gasteiger partial charge in [-0.1, -0.05) is 55.1 Å². The summed E-state index contributed by atoms with van der Waals surface area (Å²) in [5.41, 5.74) is 1.31. The summed E-state index contributed by atoms with van der Waals surface area (Å²) in [6.45, 7) is 5.52. The molecule has 1 aliphatic carbocycles. The van der Waals surface area contributed by atoms with Crippen LogP contribution in [0.3, 0.4) is 0 Å². The highest BCUT2D eigenvalue weighted by atomic mass is 79.9. The van der Waals surface area contributed by atoms with Crippen LogP contribution in [0.2, 0.25) is 0 Å². The zero-order chi connectivity index (χ0) is 15.2. The maximum Gasteiger partial charge on any atom is 0.124 e. The number of hydrogen-bond donors (Lipinski definition) is 1. The second-order valence-electron chi connectivity index (χ2n) is 6.12. The lowest BCUT2D eigenvalue weighted by Gasteiger charge is -2.35. The molecule has 3 unspecified atom stereocenters. The molecule has 0 saturated heterocycles. The Labute approximate surface area is 137 Å². The average Bonchev–Trinajstić information content (AvgIpc) is 2.53. The van der Waals surface area contributed by atoms with Crippen LogP contribution >= 0.6 is 15.9 Å². The molecule has 2 nitrogen and oxygen atoms in total. The molecule has 1 aromatic rings. The van der Waals surface area contributed by atoms with Crippen LogP contribution in [0.1, 0.15) is 57.6 Å². The highest BCUT2D eigenvalue weighted by Crippen LogP contribution is 2.41. The predicted octanol–water partition coefficient (Wildman–Crippen LogP) is 5.32. The Bertz CT molecular complexity index is 449. The van der Waals surface area contributed by atoms with Gasteiger partial charge in [0.25, 0.3) is 0 Å². The maximum absolute atomic E-state index is 5.63. The summed E-state index contributed by atoms with van der Waals surface area (Å²) in [5, 5.41) is 3.71. The van der Waals surface area contributed by atoms with E-state index < -0.39 is 0 Å². The van der Waals surface area contributed by atoms with E-state index >= 15 is 0 Å². The smallest absolute Gasteiger partial charge is 0.124 e. The van der Waals surface area contributed by atoms with Crippen LogP contribution in [0, 0.1) is 11.8 Å². The summed E-state index contributed by atoms with van der Waals surface area (Å²) in [6.07, 6.45) is 6.75. The van der Waals surface area contributed by atoms with E-state index in [-0.39, 0.29) is 0 Å². The molecule has 0 spiro atoms. The molecular formula is C18H28BrNO. The Kier molecular flexibility index (Phi) is 6.56. The van der Waals surface area contributed by atoms with Crippen LogP contribution < -0.4 is 10.1 Å². The monoisotopic (exact) mass is 353 g/mol.